The molecule has 0 radical (unpaired) electrons. The van der Waals surface area contributed by atoms with Crippen molar-refractivity contribution in [2.75, 3.05) is 0 Å². The summed E-state index contributed by atoms with van der Waals surface area (Å²) < 4.78 is 40.2. The van der Waals surface area contributed by atoms with Crippen LogP contribution in [0.25, 0.3) is 0 Å². The average molecular weight is 421 g/mol. The van der Waals surface area contributed by atoms with Crippen molar-refractivity contribution in [3.8, 4) is 0 Å². The van der Waals surface area contributed by atoms with Gasteiger partial charge in [-0.1, -0.05) is 26.2 Å². The SMILES string of the molecule is CCC1CCC(C2CCC(C3CCC(Cc4cc(F)c(F)c(F)c4)CC3)CC2)CC1. The van der Waals surface area contributed by atoms with Gasteiger partial charge < -0.3 is 0 Å². The molecule has 0 N–H and O–H groups in total. The van der Waals surface area contributed by atoms with Crippen LogP contribution in [0, 0.1) is 53.0 Å². The molecule has 1 aromatic rings. The van der Waals surface area contributed by atoms with Crippen LogP contribution in [0.2, 0.25) is 0 Å². The van der Waals surface area contributed by atoms with Gasteiger partial charge in [0.15, 0.2) is 17.5 Å². The fourth-order valence-corrected chi connectivity index (χ4v) is 7.08. The van der Waals surface area contributed by atoms with Gasteiger partial charge in [-0.15, -0.1) is 0 Å². The highest BCUT2D eigenvalue weighted by atomic mass is 19.2. The first kappa shape index (κ1) is 22.2. The Morgan fingerprint density at radius 2 is 0.967 bits per heavy atom. The number of hydrogen-bond donors (Lipinski definition) is 0. The lowest BCUT2D eigenvalue weighted by Crippen LogP contribution is -2.30. The second-order valence-electron chi connectivity index (χ2n) is 10.7. The van der Waals surface area contributed by atoms with E-state index in [4.69, 9.17) is 0 Å². The van der Waals surface area contributed by atoms with Crippen LogP contribution < -0.4 is 0 Å². The largest absolute Gasteiger partial charge is 0.204 e. The van der Waals surface area contributed by atoms with Crippen LogP contribution in [0.1, 0.15) is 96.0 Å². The zero-order valence-electron chi connectivity index (χ0n) is 18.7. The molecule has 0 aliphatic heterocycles. The lowest BCUT2D eigenvalue weighted by Gasteiger charge is -2.41. The molecule has 0 spiro atoms. The topological polar surface area (TPSA) is 0 Å². The van der Waals surface area contributed by atoms with Gasteiger partial charge in [0.05, 0.1) is 0 Å². The van der Waals surface area contributed by atoms with E-state index in [1.54, 1.807) is 0 Å². The van der Waals surface area contributed by atoms with Crippen LogP contribution in [0.3, 0.4) is 0 Å². The van der Waals surface area contributed by atoms with Gasteiger partial charge >= 0.3 is 0 Å². The van der Waals surface area contributed by atoms with E-state index in [1.165, 1.54) is 82.8 Å². The van der Waals surface area contributed by atoms with Gasteiger partial charge in [-0.05, 0) is 124 Å². The van der Waals surface area contributed by atoms with Crippen LogP contribution in [-0.4, -0.2) is 0 Å². The molecule has 168 valence electrons. The molecule has 0 nitrogen and oxygen atoms in total. The second kappa shape index (κ2) is 10.1. The quantitative estimate of drug-likeness (QED) is 0.419. The van der Waals surface area contributed by atoms with Gasteiger partial charge in [-0.3, -0.25) is 0 Å². The lowest BCUT2D eigenvalue weighted by molar-refractivity contribution is 0.104. The first-order valence-corrected chi connectivity index (χ1v) is 12.7. The van der Waals surface area contributed by atoms with Gasteiger partial charge in [0.2, 0.25) is 0 Å². The van der Waals surface area contributed by atoms with Gasteiger partial charge in [0.1, 0.15) is 0 Å². The van der Waals surface area contributed by atoms with Gasteiger partial charge in [0.25, 0.3) is 0 Å². The Morgan fingerprint density at radius 1 is 0.600 bits per heavy atom. The predicted molar refractivity (Wildman–Crippen MR) is 117 cm³/mol. The number of hydrogen-bond acceptors (Lipinski definition) is 0. The molecule has 0 bridgehead atoms. The molecular weight excluding hydrogens is 381 g/mol. The summed E-state index contributed by atoms with van der Waals surface area (Å²) in [5.74, 6) is 1.74. The Hall–Kier alpha value is -0.990. The minimum Gasteiger partial charge on any atom is -0.204 e. The molecular formula is C27H39F3. The van der Waals surface area contributed by atoms with Crippen molar-refractivity contribution in [2.45, 2.75) is 96.8 Å². The summed E-state index contributed by atoms with van der Waals surface area (Å²) in [6.45, 7) is 2.35. The van der Waals surface area contributed by atoms with Crippen LogP contribution in [0.4, 0.5) is 13.2 Å². The smallest absolute Gasteiger partial charge is 0.194 e. The van der Waals surface area contributed by atoms with Gasteiger partial charge in [0, 0.05) is 0 Å². The van der Waals surface area contributed by atoms with Crippen molar-refractivity contribution in [3.05, 3.63) is 35.1 Å². The van der Waals surface area contributed by atoms with Crippen molar-refractivity contribution >= 4 is 0 Å². The molecule has 3 aliphatic rings. The molecule has 0 aromatic heterocycles. The van der Waals surface area contributed by atoms with Crippen LogP contribution >= 0.6 is 0 Å². The Balaban J connectivity index is 1.20. The first-order valence-electron chi connectivity index (χ1n) is 12.7. The second-order valence-corrected chi connectivity index (χ2v) is 10.7. The molecule has 0 atom stereocenters. The van der Waals surface area contributed by atoms with E-state index in [-0.39, 0.29) is 0 Å². The third kappa shape index (κ3) is 5.25. The third-order valence-corrected chi connectivity index (χ3v) is 9.08. The maximum Gasteiger partial charge on any atom is 0.194 e. The molecule has 0 unspecified atom stereocenters. The normalized spacial score (nSPS) is 35.3. The number of benzene rings is 1. The maximum atomic E-state index is 13.5. The van der Waals surface area contributed by atoms with E-state index in [2.05, 4.69) is 6.92 Å². The minimum absolute atomic E-state index is 0.482. The lowest BCUT2D eigenvalue weighted by atomic mass is 9.64. The molecule has 4 rings (SSSR count). The Labute approximate surface area is 181 Å². The van der Waals surface area contributed by atoms with E-state index in [1.807, 2.05) is 0 Å². The summed E-state index contributed by atoms with van der Waals surface area (Å²) in [6, 6.07) is 2.36. The highest BCUT2D eigenvalue weighted by Gasteiger charge is 2.34. The molecule has 0 amide bonds. The van der Waals surface area contributed by atoms with Crippen LogP contribution in [0.5, 0.6) is 0 Å². The summed E-state index contributed by atoms with van der Waals surface area (Å²) in [5, 5.41) is 0. The van der Waals surface area contributed by atoms with E-state index >= 15 is 0 Å². The zero-order valence-corrected chi connectivity index (χ0v) is 18.7. The molecule has 3 fully saturated rings. The van der Waals surface area contributed by atoms with Crippen molar-refractivity contribution in [2.24, 2.45) is 35.5 Å². The van der Waals surface area contributed by atoms with Crippen LogP contribution in [-0.2, 0) is 6.42 Å². The average Bonchev–Trinajstić information content (AvgIpc) is 2.78. The minimum atomic E-state index is -1.35. The van der Waals surface area contributed by atoms with Crippen LogP contribution in [0.15, 0.2) is 12.1 Å². The fourth-order valence-electron chi connectivity index (χ4n) is 7.08. The first-order chi connectivity index (χ1) is 14.5. The Kier molecular flexibility index (Phi) is 7.47. The van der Waals surface area contributed by atoms with Gasteiger partial charge in [-0.25, -0.2) is 13.2 Å². The monoisotopic (exact) mass is 420 g/mol. The zero-order chi connectivity index (χ0) is 21.1. The molecule has 0 saturated heterocycles. The predicted octanol–water partition coefficient (Wildman–Crippen LogP) is 8.48. The van der Waals surface area contributed by atoms with Crippen molar-refractivity contribution in [1.82, 2.24) is 0 Å². The van der Waals surface area contributed by atoms with Crippen molar-refractivity contribution in [3.63, 3.8) is 0 Å². The van der Waals surface area contributed by atoms with Crippen molar-refractivity contribution < 1.29 is 13.2 Å². The summed E-state index contributed by atoms with van der Waals surface area (Å²) in [6.07, 6.45) is 18.5. The highest BCUT2D eigenvalue weighted by Crippen LogP contribution is 2.46. The Bertz CT molecular complexity index is 652. The summed E-state index contributed by atoms with van der Waals surface area (Å²) in [4.78, 5) is 0. The van der Waals surface area contributed by atoms with Gasteiger partial charge in [-0.2, -0.15) is 0 Å². The van der Waals surface area contributed by atoms with E-state index in [0.29, 0.717) is 17.9 Å². The van der Waals surface area contributed by atoms with Crippen molar-refractivity contribution in [1.29, 1.82) is 0 Å². The number of halogens is 3. The third-order valence-electron chi connectivity index (χ3n) is 9.08. The molecule has 1 aromatic carbocycles. The maximum absolute atomic E-state index is 13.5. The van der Waals surface area contributed by atoms with E-state index in [9.17, 15) is 13.2 Å². The van der Waals surface area contributed by atoms with E-state index < -0.39 is 17.5 Å². The molecule has 0 heterocycles. The highest BCUT2D eigenvalue weighted by molar-refractivity contribution is 5.20. The molecule has 3 saturated carbocycles. The standard InChI is InChI=1S/C27H39F3/c1-2-18-3-7-21(8-4-18)23-11-13-24(14-12-23)22-9-5-19(6-10-22)15-20-16-25(28)27(30)26(29)17-20/h16-19,21-24H,2-15H2,1H3. The molecule has 3 aliphatic carbocycles. The molecule has 30 heavy (non-hydrogen) atoms. The number of rotatable bonds is 5. The summed E-state index contributed by atoms with van der Waals surface area (Å²) >= 11 is 0. The Morgan fingerprint density at radius 3 is 1.37 bits per heavy atom. The van der Waals surface area contributed by atoms with E-state index in [0.717, 1.165) is 42.4 Å². The molecule has 3 heteroatoms. The summed E-state index contributed by atoms with van der Waals surface area (Å²) in [7, 11) is 0. The fraction of sp³-hybridized carbons (Fsp3) is 0.778. The summed E-state index contributed by atoms with van der Waals surface area (Å²) in [5.41, 5.74) is 0.605.